The summed E-state index contributed by atoms with van der Waals surface area (Å²) in [5, 5.41) is 0. The third kappa shape index (κ3) is 2.72. The monoisotopic (exact) mass is 234 g/mol. The van der Waals surface area contributed by atoms with E-state index in [4.69, 9.17) is 4.74 Å². The smallest absolute Gasteiger partial charge is 0.229 e. The fourth-order valence-corrected chi connectivity index (χ4v) is 2.11. The van der Waals surface area contributed by atoms with Gasteiger partial charge in [0.2, 0.25) is 11.6 Å². The Hall–Kier alpha value is -1.22. The maximum absolute atomic E-state index is 11.8. The number of epoxide rings is 1. The van der Waals surface area contributed by atoms with Crippen LogP contribution >= 0.6 is 0 Å². The first-order chi connectivity index (χ1) is 7.99. The highest BCUT2D eigenvalue weighted by atomic mass is 16.6. The van der Waals surface area contributed by atoms with E-state index in [1.165, 1.54) is 0 Å². The lowest BCUT2D eigenvalue weighted by Crippen LogP contribution is -2.25. The standard InChI is InChI=1S/C14H18O3/c1-8(2)10-5-4-9(3)6-12-14(17-12)13(16)11(15)7-10/h4-5,8,10,12,14H,3,6-7H2,1-2H3/t10-,12+,14+/m0/s1. The normalized spacial score (nSPS) is 33.8. The van der Waals surface area contributed by atoms with Crippen molar-refractivity contribution in [3.8, 4) is 0 Å². The molecular formula is C14H18O3. The molecule has 0 unspecified atom stereocenters. The minimum atomic E-state index is -0.501. The lowest BCUT2D eigenvalue weighted by Gasteiger charge is -2.16. The van der Waals surface area contributed by atoms with Crippen LogP contribution in [0.5, 0.6) is 0 Å². The summed E-state index contributed by atoms with van der Waals surface area (Å²) < 4.78 is 5.23. The number of Topliss-reactive ketones (excluding diaryl/α,β-unsaturated/α-hetero) is 2. The highest BCUT2D eigenvalue weighted by molar-refractivity contribution is 6.39. The molecular weight excluding hydrogens is 216 g/mol. The van der Waals surface area contributed by atoms with Gasteiger partial charge >= 0.3 is 0 Å². The summed E-state index contributed by atoms with van der Waals surface area (Å²) in [6.07, 6.45) is 4.27. The van der Waals surface area contributed by atoms with Crippen LogP contribution in [-0.4, -0.2) is 23.8 Å². The predicted octanol–water partition coefficient (Wildman–Crippen LogP) is 2.07. The van der Waals surface area contributed by atoms with Crippen LogP contribution in [-0.2, 0) is 14.3 Å². The molecule has 0 N–H and O–H groups in total. The van der Waals surface area contributed by atoms with Gasteiger partial charge in [0.15, 0.2) is 6.10 Å². The van der Waals surface area contributed by atoms with Gasteiger partial charge in [0.05, 0.1) is 6.10 Å². The molecule has 0 saturated carbocycles. The Balaban J connectivity index is 2.18. The first kappa shape index (κ1) is 12.2. The van der Waals surface area contributed by atoms with Gasteiger partial charge < -0.3 is 4.74 Å². The Bertz CT molecular complexity index is 392. The van der Waals surface area contributed by atoms with Gasteiger partial charge in [-0.25, -0.2) is 0 Å². The molecule has 0 bridgehead atoms. The Labute approximate surface area is 102 Å². The molecule has 3 heteroatoms. The van der Waals surface area contributed by atoms with E-state index >= 15 is 0 Å². The zero-order valence-electron chi connectivity index (χ0n) is 10.3. The van der Waals surface area contributed by atoms with Gasteiger partial charge in [-0.05, 0) is 11.8 Å². The van der Waals surface area contributed by atoms with Gasteiger partial charge in [0.1, 0.15) is 0 Å². The van der Waals surface area contributed by atoms with Crippen molar-refractivity contribution in [2.45, 2.75) is 38.9 Å². The first-order valence-electron chi connectivity index (χ1n) is 6.07. The first-order valence-corrected chi connectivity index (χ1v) is 6.07. The molecule has 0 radical (unpaired) electrons. The molecule has 0 aromatic carbocycles. The summed E-state index contributed by atoms with van der Waals surface area (Å²) in [5.74, 6) is -0.207. The third-order valence-electron chi connectivity index (χ3n) is 3.44. The van der Waals surface area contributed by atoms with Crippen LogP contribution in [0, 0.1) is 11.8 Å². The number of hydrogen-bond acceptors (Lipinski definition) is 3. The Morgan fingerprint density at radius 3 is 2.71 bits per heavy atom. The van der Waals surface area contributed by atoms with E-state index in [1.54, 1.807) is 0 Å². The maximum atomic E-state index is 11.8. The minimum Gasteiger partial charge on any atom is -0.360 e. The number of fused-ring (bicyclic) bond motifs is 1. The van der Waals surface area contributed by atoms with Crippen LogP contribution in [0.2, 0.25) is 0 Å². The van der Waals surface area contributed by atoms with Crippen LogP contribution in [0.1, 0.15) is 26.7 Å². The van der Waals surface area contributed by atoms with Gasteiger partial charge in [0.25, 0.3) is 0 Å². The van der Waals surface area contributed by atoms with Crippen molar-refractivity contribution < 1.29 is 14.3 Å². The maximum Gasteiger partial charge on any atom is 0.229 e. The molecule has 2 aliphatic rings. The number of hydrogen-bond donors (Lipinski definition) is 0. The molecule has 0 amide bonds. The summed E-state index contributed by atoms with van der Waals surface area (Å²) >= 11 is 0. The van der Waals surface area contributed by atoms with Gasteiger partial charge in [-0.15, -0.1) is 0 Å². The van der Waals surface area contributed by atoms with Crippen molar-refractivity contribution in [3.05, 3.63) is 24.3 Å². The predicted molar refractivity (Wildman–Crippen MR) is 64.5 cm³/mol. The van der Waals surface area contributed by atoms with E-state index in [9.17, 15) is 9.59 Å². The lowest BCUT2D eigenvalue weighted by molar-refractivity contribution is -0.137. The molecule has 2 rings (SSSR count). The van der Waals surface area contributed by atoms with Gasteiger partial charge in [0, 0.05) is 12.8 Å². The van der Waals surface area contributed by atoms with Crippen LogP contribution in [0.4, 0.5) is 0 Å². The average molecular weight is 234 g/mol. The summed E-state index contributed by atoms with van der Waals surface area (Å²) in [7, 11) is 0. The van der Waals surface area contributed by atoms with Gasteiger partial charge in [-0.2, -0.15) is 0 Å². The molecule has 1 aliphatic carbocycles. The van der Waals surface area contributed by atoms with Crippen LogP contribution in [0.3, 0.4) is 0 Å². The second-order valence-corrected chi connectivity index (χ2v) is 5.22. The Morgan fingerprint density at radius 1 is 1.35 bits per heavy atom. The SMILES string of the molecule is C=C1C=C[C@H](C(C)C)CC(=O)C(=O)[C@@H]2O[C@@H]2C1. The molecule has 0 aromatic heterocycles. The fourth-order valence-electron chi connectivity index (χ4n) is 2.11. The average Bonchev–Trinajstić information content (AvgIpc) is 3.00. The minimum absolute atomic E-state index is 0.110. The Kier molecular flexibility index (Phi) is 3.29. The number of carbonyl (C=O) groups excluding carboxylic acids is 2. The van der Waals surface area contributed by atoms with Gasteiger partial charge in [-0.3, -0.25) is 9.59 Å². The third-order valence-corrected chi connectivity index (χ3v) is 3.44. The molecule has 17 heavy (non-hydrogen) atoms. The molecule has 3 atom stereocenters. The second kappa shape index (κ2) is 4.57. The van der Waals surface area contributed by atoms with Crippen molar-refractivity contribution >= 4 is 11.6 Å². The van der Waals surface area contributed by atoms with Crippen molar-refractivity contribution in [2.24, 2.45) is 11.8 Å². The lowest BCUT2D eigenvalue weighted by atomic mass is 9.87. The number of rotatable bonds is 1. The van der Waals surface area contributed by atoms with E-state index in [1.807, 2.05) is 12.2 Å². The molecule has 0 spiro atoms. The van der Waals surface area contributed by atoms with E-state index in [2.05, 4.69) is 20.4 Å². The number of carbonyl (C=O) groups is 2. The van der Waals surface area contributed by atoms with Gasteiger partial charge in [-0.1, -0.05) is 38.2 Å². The topological polar surface area (TPSA) is 46.7 Å². The quantitative estimate of drug-likeness (QED) is 0.515. The van der Waals surface area contributed by atoms with E-state index < -0.39 is 6.10 Å². The molecule has 1 saturated heterocycles. The number of allylic oxidation sites excluding steroid dienone is 2. The molecule has 92 valence electrons. The zero-order valence-corrected chi connectivity index (χ0v) is 10.3. The summed E-state index contributed by atoms with van der Waals surface area (Å²) in [6.45, 7) is 8.05. The number of ketones is 2. The van der Waals surface area contributed by atoms with Crippen LogP contribution < -0.4 is 0 Å². The van der Waals surface area contributed by atoms with Crippen molar-refractivity contribution in [1.82, 2.24) is 0 Å². The summed E-state index contributed by atoms with van der Waals surface area (Å²) in [5.41, 5.74) is 0.963. The molecule has 1 fully saturated rings. The highest BCUT2D eigenvalue weighted by Gasteiger charge is 2.47. The highest BCUT2D eigenvalue weighted by Crippen LogP contribution is 2.32. The molecule has 1 aliphatic heterocycles. The van der Waals surface area contributed by atoms with E-state index in [0.29, 0.717) is 12.3 Å². The zero-order chi connectivity index (χ0) is 12.6. The fraction of sp³-hybridized carbons (Fsp3) is 0.571. The summed E-state index contributed by atoms with van der Waals surface area (Å²) in [4.78, 5) is 23.5. The number of ether oxygens (including phenoxy) is 1. The molecule has 0 aromatic rings. The molecule has 3 nitrogen and oxygen atoms in total. The van der Waals surface area contributed by atoms with E-state index in [0.717, 1.165) is 5.57 Å². The van der Waals surface area contributed by atoms with Crippen molar-refractivity contribution in [3.63, 3.8) is 0 Å². The van der Waals surface area contributed by atoms with Crippen LogP contribution in [0.15, 0.2) is 24.3 Å². The van der Waals surface area contributed by atoms with Crippen LogP contribution in [0.25, 0.3) is 0 Å². The Morgan fingerprint density at radius 2 is 2.06 bits per heavy atom. The second-order valence-electron chi connectivity index (χ2n) is 5.22. The summed E-state index contributed by atoms with van der Waals surface area (Å²) in [6, 6.07) is 0. The largest absolute Gasteiger partial charge is 0.360 e. The van der Waals surface area contributed by atoms with E-state index in [-0.39, 0.29) is 30.0 Å². The molecule has 1 heterocycles. The van der Waals surface area contributed by atoms with Crippen molar-refractivity contribution in [2.75, 3.05) is 0 Å². The van der Waals surface area contributed by atoms with Crippen molar-refractivity contribution in [1.29, 1.82) is 0 Å².